The number of aromatic nitrogens is 1. The Morgan fingerprint density at radius 1 is 0.889 bits per heavy atom. The smallest absolute Gasteiger partial charge is 0.338 e. The Labute approximate surface area is 163 Å². The molecule has 0 aliphatic carbocycles. The van der Waals surface area contributed by atoms with Crippen molar-refractivity contribution in [3.8, 4) is 0 Å². The van der Waals surface area contributed by atoms with E-state index in [0.717, 1.165) is 31.4 Å². The summed E-state index contributed by atoms with van der Waals surface area (Å²) in [6.07, 6.45) is 15.6. The van der Waals surface area contributed by atoms with E-state index >= 15 is 0 Å². The van der Waals surface area contributed by atoms with Crippen LogP contribution in [0.4, 0.5) is 0 Å². The van der Waals surface area contributed by atoms with E-state index in [0.29, 0.717) is 12.2 Å². The Morgan fingerprint density at radius 2 is 1.52 bits per heavy atom. The van der Waals surface area contributed by atoms with Crippen molar-refractivity contribution in [3.05, 3.63) is 78.6 Å². The van der Waals surface area contributed by atoms with E-state index < -0.39 is 0 Å². The van der Waals surface area contributed by atoms with Crippen LogP contribution in [0.25, 0.3) is 0 Å². The van der Waals surface area contributed by atoms with Gasteiger partial charge in [-0.2, -0.15) is 0 Å². The average Bonchev–Trinajstić information content (AvgIpc) is 2.70. The van der Waals surface area contributed by atoms with Crippen LogP contribution in [-0.4, -0.2) is 12.6 Å². The Bertz CT molecular complexity index is 665. The van der Waals surface area contributed by atoms with Crippen molar-refractivity contribution >= 4 is 5.97 Å². The number of benzene rings is 1. The Balaban J connectivity index is 1.58. The van der Waals surface area contributed by atoms with Gasteiger partial charge >= 0.3 is 5.97 Å². The molecule has 0 aliphatic rings. The lowest BCUT2D eigenvalue weighted by Gasteiger charge is -2.06. The maximum Gasteiger partial charge on any atom is 0.338 e. The quantitative estimate of drug-likeness (QED) is 0.203. The van der Waals surface area contributed by atoms with Gasteiger partial charge in [0.05, 0.1) is 12.2 Å². The van der Waals surface area contributed by atoms with Gasteiger partial charge in [0.25, 0.3) is 0 Å². The highest BCUT2D eigenvalue weighted by atomic mass is 16.5. The third kappa shape index (κ3) is 8.67. The molecular weight excluding hydrogens is 334 g/mol. The minimum absolute atomic E-state index is 0.224. The normalized spacial score (nSPS) is 10.5. The molecule has 3 heteroatoms. The first-order chi connectivity index (χ1) is 13.3. The molecule has 1 aromatic carbocycles. The Kier molecular flexibility index (Phi) is 9.95. The molecule has 0 aliphatic heterocycles. The zero-order valence-corrected chi connectivity index (χ0v) is 16.3. The number of unbranched alkanes of at least 4 members (excludes halogenated alkanes) is 7. The largest absolute Gasteiger partial charge is 0.462 e. The van der Waals surface area contributed by atoms with Crippen molar-refractivity contribution in [2.75, 3.05) is 6.61 Å². The highest BCUT2D eigenvalue weighted by Gasteiger charge is 2.08. The number of hydrogen-bond donors (Lipinski definition) is 0. The summed E-state index contributed by atoms with van der Waals surface area (Å²) in [6.45, 7) is 5.05. The van der Waals surface area contributed by atoms with Crippen LogP contribution in [0.3, 0.4) is 0 Å². The molecular formula is C24H32NO2+. The van der Waals surface area contributed by atoms with Crippen LogP contribution in [0.15, 0.2) is 67.5 Å². The molecule has 0 amide bonds. The van der Waals surface area contributed by atoms with E-state index in [1.807, 2.05) is 60.9 Å². The molecule has 0 saturated heterocycles. The molecule has 2 aromatic rings. The van der Waals surface area contributed by atoms with E-state index in [1.165, 1.54) is 32.1 Å². The van der Waals surface area contributed by atoms with Crippen LogP contribution in [0.1, 0.15) is 67.3 Å². The lowest BCUT2D eigenvalue weighted by Crippen LogP contribution is -2.32. The van der Waals surface area contributed by atoms with Crippen molar-refractivity contribution in [1.82, 2.24) is 0 Å². The maximum atomic E-state index is 12.1. The van der Waals surface area contributed by atoms with Gasteiger partial charge in [-0.3, -0.25) is 0 Å². The maximum absolute atomic E-state index is 12.1. The topological polar surface area (TPSA) is 30.2 Å². The molecule has 0 N–H and O–H groups in total. The van der Waals surface area contributed by atoms with Gasteiger partial charge in [-0.1, -0.05) is 56.4 Å². The summed E-state index contributed by atoms with van der Waals surface area (Å²) in [5, 5.41) is 0. The monoisotopic (exact) mass is 366 g/mol. The fraction of sp³-hybridized carbons (Fsp3) is 0.417. The summed E-state index contributed by atoms with van der Waals surface area (Å²) < 4.78 is 7.49. The minimum Gasteiger partial charge on any atom is -0.462 e. The number of rotatable bonds is 13. The van der Waals surface area contributed by atoms with Gasteiger partial charge in [-0.25, -0.2) is 9.36 Å². The number of carbonyl (C=O) groups excluding carboxylic acids is 1. The first-order valence-corrected chi connectivity index (χ1v) is 10.1. The second-order valence-electron chi connectivity index (χ2n) is 6.93. The van der Waals surface area contributed by atoms with E-state index in [4.69, 9.17) is 4.74 Å². The second-order valence-corrected chi connectivity index (χ2v) is 6.93. The second kappa shape index (κ2) is 12.9. The summed E-state index contributed by atoms with van der Waals surface area (Å²) in [7, 11) is 0. The first kappa shape index (κ1) is 20.9. The molecule has 144 valence electrons. The van der Waals surface area contributed by atoms with Gasteiger partial charge in [0.15, 0.2) is 18.9 Å². The predicted molar refractivity (Wildman–Crippen MR) is 110 cm³/mol. The predicted octanol–water partition coefficient (Wildman–Crippen LogP) is 5.49. The van der Waals surface area contributed by atoms with Crippen LogP contribution < -0.4 is 4.57 Å². The van der Waals surface area contributed by atoms with Crippen molar-refractivity contribution in [3.63, 3.8) is 0 Å². The zero-order chi connectivity index (χ0) is 19.2. The van der Waals surface area contributed by atoms with Crippen LogP contribution in [0.5, 0.6) is 0 Å². The Hall–Kier alpha value is -2.42. The molecule has 1 aromatic heterocycles. The van der Waals surface area contributed by atoms with Crippen LogP contribution in [0, 0.1) is 0 Å². The number of hydrogen-bond acceptors (Lipinski definition) is 2. The summed E-state index contributed by atoms with van der Waals surface area (Å²) in [5.41, 5.74) is 1.79. The van der Waals surface area contributed by atoms with Crippen LogP contribution >= 0.6 is 0 Å². The van der Waals surface area contributed by atoms with E-state index in [2.05, 4.69) is 11.1 Å². The lowest BCUT2D eigenvalue weighted by atomic mass is 10.1. The van der Waals surface area contributed by atoms with Crippen molar-refractivity contribution in [2.24, 2.45) is 0 Å². The first-order valence-electron chi connectivity index (χ1n) is 10.1. The standard InChI is InChI=1S/C24H32NO2/c1-2-3-4-5-6-7-8-9-13-20-27-24(26)23-16-14-22(15-17-23)21-25-18-11-10-12-19-25/h2,10-12,14-19H,1,3-9,13,20-21H2/q+1. The molecule has 0 bridgehead atoms. The third-order valence-electron chi connectivity index (χ3n) is 4.62. The number of nitrogens with zero attached hydrogens (tertiary/aromatic N) is 1. The SMILES string of the molecule is C=CCCCCCCCCCOC(=O)c1ccc(C[n+]2ccccc2)cc1. The van der Waals surface area contributed by atoms with Gasteiger partial charge in [0.1, 0.15) is 0 Å². The molecule has 3 nitrogen and oxygen atoms in total. The van der Waals surface area contributed by atoms with Crippen molar-refractivity contribution in [1.29, 1.82) is 0 Å². The molecule has 0 spiro atoms. The molecule has 0 unspecified atom stereocenters. The van der Waals surface area contributed by atoms with Gasteiger partial charge in [0, 0.05) is 17.7 Å². The summed E-state index contributed by atoms with van der Waals surface area (Å²) >= 11 is 0. The highest BCUT2D eigenvalue weighted by molar-refractivity contribution is 5.89. The number of allylic oxidation sites excluding steroid dienone is 1. The van der Waals surface area contributed by atoms with Crippen molar-refractivity contribution < 1.29 is 14.1 Å². The fourth-order valence-electron chi connectivity index (χ4n) is 3.02. The highest BCUT2D eigenvalue weighted by Crippen LogP contribution is 2.10. The molecule has 0 radical (unpaired) electrons. The lowest BCUT2D eigenvalue weighted by molar-refractivity contribution is -0.688. The van der Waals surface area contributed by atoms with Gasteiger partial charge in [-0.05, 0) is 31.4 Å². The van der Waals surface area contributed by atoms with Crippen LogP contribution in [-0.2, 0) is 11.3 Å². The van der Waals surface area contributed by atoms with E-state index in [1.54, 1.807) is 0 Å². The summed E-state index contributed by atoms with van der Waals surface area (Å²) in [6, 6.07) is 13.7. The molecule has 0 saturated carbocycles. The minimum atomic E-state index is -0.224. The Morgan fingerprint density at radius 3 is 2.19 bits per heavy atom. The number of esters is 1. The molecule has 0 atom stereocenters. The summed E-state index contributed by atoms with van der Waals surface area (Å²) in [4.78, 5) is 12.1. The molecule has 0 fully saturated rings. The molecule has 1 heterocycles. The fourth-order valence-corrected chi connectivity index (χ4v) is 3.02. The van der Waals surface area contributed by atoms with Crippen LogP contribution in [0.2, 0.25) is 0 Å². The molecule has 2 rings (SSSR count). The number of pyridine rings is 1. The third-order valence-corrected chi connectivity index (χ3v) is 4.62. The summed E-state index contributed by atoms with van der Waals surface area (Å²) in [5.74, 6) is -0.224. The van der Waals surface area contributed by atoms with Gasteiger partial charge < -0.3 is 4.74 Å². The average molecular weight is 367 g/mol. The van der Waals surface area contributed by atoms with E-state index in [-0.39, 0.29) is 5.97 Å². The number of carbonyl (C=O) groups is 1. The van der Waals surface area contributed by atoms with Crippen molar-refractivity contribution in [2.45, 2.75) is 57.9 Å². The van der Waals surface area contributed by atoms with E-state index in [9.17, 15) is 4.79 Å². The molecule has 27 heavy (non-hydrogen) atoms. The van der Waals surface area contributed by atoms with Gasteiger partial charge in [-0.15, -0.1) is 6.58 Å². The van der Waals surface area contributed by atoms with Gasteiger partial charge in [0.2, 0.25) is 0 Å². The zero-order valence-electron chi connectivity index (χ0n) is 16.3. The number of ether oxygens (including phenoxy) is 1.